The van der Waals surface area contributed by atoms with Crippen molar-refractivity contribution in [3.05, 3.63) is 0 Å². The third-order valence-electron chi connectivity index (χ3n) is 6.34. The summed E-state index contributed by atoms with van der Waals surface area (Å²) in [6.45, 7) is 2.48. The number of rotatable bonds is 26. The van der Waals surface area contributed by atoms with Crippen LogP contribution in [0.2, 0.25) is 0 Å². The molecule has 0 saturated carbocycles. The molecule has 0 aliphatic heterocycles. The number of hydrogen-bond acceptors (Lipinski definition) is 6. The zero-order valence-electron chi connectivity index (χ0n) is 23.7. The van der Waals surface area contributed by atoms with Crippen LogP contribution < -0.4 is 4.89 Å². The molecule has 0 fully saturated rings. The molecule has 0 aliphatic carbocycles. The van der Waals surface area contributed by atoms with Gasteiger partial charge in [-0.15, -0.1) is 0 Å². The highest BCUT2D eigenvalue weighted by Gasteiger charge is 2.30. The fraction of sp³-hybridized carbons (Fsp3) is 1.00. The first-order chi connectivity index (χ1) is 16.7. The van der Waals surface area contributed by atoms with Gasteiger partial charge in [-0.05, 0) is 6.42 Å². The molecule has 8 heteroatoms. The predicted molar refractivity (Wildman–Crippen MR) is 144 cm³/mol. The zero-order chi connectivity index (χ0) is 26.4. The van der Waals surface area contributed by atoms with E-state index >= 15 is 0 Å². The fourth-order valence-electron chi connectivity index (χ4n) is 4.05. The molecule has 0 aliphatic rings. The second kappa shape index (κ2) is 22.0. The molecule has 3 atom stereocenters. The number of hydrogen-bond donors (Lipinski definition) is 1. The molecule has 212 valence electrons. The summed E-state index contributed by atoms with van der Waals surface area (Å²) in [5.41, 5.74) is 0. The monoisotopic (exact) mass is 523 g/mol. The first-order valence-corrected chi connectivity index (χ1v) is 15.8. The van der Waals surface area contributed by atoms with E-state index in [0.29, 0.717) is 17.6 Å². The van der Waals surface area contributed by atoms with Crippen LogP contribution in [0.25, 0.3) is 0 Å². The lowest BCUT2D eigenvalue weighted by molar-refractivity contribution is -0.872. The number of aliphatic hydroxyl groups is 1. The molecule has 0 aromatic carbocycles. The van der Waals surface area contributed by atoms with Crippen LogP contribution in [0.3, 0.4) is 0 Å². The van der Waals surface area contributed by atoms with Crippen LogP contribution in [-0.4, -0.2) is 76.2 Å². The van der Waals surface area contributed by atoms with Crippen molar-refractivity contribution in [3.63, 3.8) is 0 Å². The number of likely N-dealkylation sites (N-methyl/N-ethyl adjacent to an activating group) is 1. The molecule has 0 aromatic heterocycles. The van der Waals surface area contributed by atoms with Crippen molar-refractivity contribution >= 4 is 7.60 Å². The molecule has 35 heavy (non-hydrogen) atoms. The number of ether oxygens (including phenoxy) is 2. The van der Waals surface area contributed by atoms with E-state index in [-0.39, 0.29) is 13.2 Å². The molecule has 0 bridgehead atoms. The number of methoxy groups -OCH3 is 1. The van der Waals surface area contributed by atoms with Crippen molar-refractivity contribution in [3.8, 4) is 0 Å². The highest BCUT2D eigenvalue weighted by Crippen LogP contribution is 2.44. The molecular formula is C27H58NO6P. The number of aliphatic hydroxyl groups excluding tert-OH is 1. The Hall–Kier alpha value is -0.0100. The third-order valence-corrected chi connectivity index (χ3v) is 7.87. The SMILES string of the molecule is CCCCCCCCCCCCCCCCCCOC(C[N+](C)(C)C)P(=O)([O-])OCC(CO)OC. The van der Waals surface area contributed by atoms with Crippen LogP contribution in [0.1, 0.15) is 110 Å². The summed E-state index contributed by atoms with van der Waals surface area (Å²) in [4.78, 5) is 12.7. The minimum absolute atomic E-state index is 0.205. The lowest BCUT2D eigenvalue weighted by Gasteiger charge is -2.36. The average Bonchev–Trinajstić information content (AvgIpc) is 2.80. The lowest BCUT2D eigenvalue weighted by Crippen LogP contribution is -2.44. The molecule has 1 N–H and O–H groups in total. The van der Waals surface area contributed by atoms with Crippen LogP contribution in [0.15, 0.2) is 0 Å². The van der Waals surface area contributed by atoms with Crippen LogP contribution in [0.5, 0.6) is 0 Å². The van der Waals surface area contributed by atoms with E-state index in [1.807, 2.05) is 21.1 Å². The lowest BCUT2D eigenvalue weighted by atomic mass is 10.0. The van der Waals surface area contributed by atoms with Gasteiger partial charge in [0.1, 0.15) is 12.6 Å². The van der Waals surface area contributed by atoms with Gasteiger partial charge in [0.2, 0.25) is 0 Å². The Morgan fingerprint density at radius 1 is 0.800 bits per heavy atom. The largest absolute Gasteiger partial charge is 0.777 e. The van der Waals surface area contributed by atoms with Crippen molar-refractivity contribution in [2.75, 3.05) is 54.6 Å². The fourth-order valence-corrected chi connectivity index (χ4v) is 5.57. The molecule has 3 unspecified atom stereocenters. The Balaban J connectivity index is 3.89. The molecule has 0 rings (SSSR count). The summed E-state index contributed by atoms with van der Waals surface area (Å²) in [6.07, 6.45) is 20.1. The highest BCUT2D eigenvalue weighted by atomic mass is 31.2. The van der Waals surface area contributed by atoms with Crippen LogP contribution in [0.4, 0.5) is 0 Å². The van der Waals surface area contributed by atoms with Gasteiger partial charge in [0.05, 0.1) is 34.4 Å². The summed E-state index contributed by atoms with van der Waals surface area (Å²) >= 11 is 0. The molecule has 0 amide bonds. The predicted octanol–water partition coefficient (Wildman–Crippen LogP) is 5.87. The van der Waals surface area contributed by atoms with Crippen molar-refractivity contribution in [1.29, 1.82) is 0 Å². The second-order valence-electron chi connectivity index (χ2n) is 11.0. The quantitative estimate of drug-likeness (QED) is 0.0866. The van der Waals surface area contributed by atoms with Crippen LogP contribution >= 0.6 is 7.60 Å². The molecule has 0 saturated heterocycles. The summed E-state index contributed by atoms with van der Waals surface area (Å²) < 4.78 is 29.1. The Morgan fingerprint density at radius 3 is 1.60 bits per heavy atom. The van der Waals surface area contributed by atoms with Gasteiger partial charge >= 0.3 is 0 Å². The van der Waals surface area contributed by atoms with E-state index < -0.39 is 19.5 Å². The van der Waals surface area contributed by atoms with E-state index in [4.69, 9.17) is 14.0 Å². The molecule has 0 heterocycles. The smallest absolute Gasteiger partial charge is 0.169 e. The maximum atomic E-state index is 12.7. The van der Waals surface area contributed by atoms with E-state index in [2.05, 4.69) is 6.92 Å². The van der Waals surface area contributed by atoms with Crippen molar-refractivity contribution in [1.82, 2.24) is 0 Å². The highest BCUT2D eigenvalue weighted by molar-refractivity contribution is 7.52. The van der Waals surface area contributed by atoms with Crippen LogP contribution in [0, 0.1) is 0 Å². The van der Waals surface area contributed by atoms with E-state index in [1.165, 1.54) is 97.0 Å². The molecule has 0 radical (unpaired) electrons. The maximum Gasteiger partial charge on any atom is 0.169 e. The summed E-state index contributed by atoms with van der Waals surface area (Å²) in [5, 5.41) is 9.18. The molecule has 0 spiro atoms. The van der Waals surface area contributed by atoms with Gasteiger partial charge < -0.3 is 33.0 Å². The van der Waals surface area contributed by atoms with Crippen molar-refractivity contribution in [2.24, 2.45) is 0 Å². The maximum absolute atomic E-state index is 12.7. The van der Waals surface area contributed by atoms with E-state index in [1.54, 1.807) is 0 Å². The van der Waals surface area contributed by atoms with E-state index in [0.717, 1.165) is 12.8 Å². The number of unbranched alkanes of at least 4 members (excludes halogenated alkanes) is 15. The topological polar surface area (TPSA) is 88.1 Å². The Labute approximate surface area is 217 Å². The van der Waals surface area contributed by atoms with Gasteiger partial charge in [-0.1, -0.05) is 103 Å². The summed E-state index contributed by atoms with van der Waals surface area (Å²) in [7, 11) is 2.95. The summed E-state index contributed by atoms with van der Waals surface area (Å²) in [6, 6.07) is 0. The van der Waals surface area contributed by atoms with Gasteiger partial charge in [0.25, 0.3) is 0 Å². The Kier molecular flexibility index (Phi) is 22.0. The van der Waals surface area contributed by atoms with Crippen molar-refractivity contribution < 1.29 is 33.0 Å². The van der Waals surface area contributed by atoms with Gasteiger partial charge in [0.15, 0.2) is 13.4 Å². The molecule has 0 aromatic rings. The average molecular weight is 524 g/mol. The molecule has 7 nitrogen and oxygen atoms in total. The van der Waals surface area contributed by atoms with Gasteiger partial charge in [0, 0.05) is 13.7 Å². The van der Waals surface area contributed by atoms with Gasteiger partial charge in [-0.3, -0.25) is 0 Å². The zero-order valence-corrected chi connectivity index (χ0v) is 24.6. The first kappa shape index (κ1) is 35.0. The Morgan fingerprint density at radius 2 is 1.23 bits per heavy atom. The first-order valence-electron chi connectivity index (χ1n) is 14.2. The second-order valence-corrected chi connectivity index (χ2v) is 12.9. The van der Waals surface area contributed by atoms with Gasteiger partial charge in [-0.25, -0.2) is 0 Å². The van der Waals surface area contributed by atoms with Crippen molar-refractivity contribution in [2.45, 2.75) is 122 Å². The standard InChI is InChI=1S/C27H58NO6P/c1-6-7-8-9-10-11-12-13-14-15-16-17-18-19-20-21-22-33-27(23-28(2,3)4)35(30,31)34-25-26(24-29)32-5/h26-27,29H,6-25H2,1-5H3. The molecular weight excluding hydrogens is 465 g/mol. The Bertz CT molecular complexity index is 510. The normalized spacial score (nSPS) is 15.7. The van der Waals surface area contributed by atoms with Gasteiger partial charge in [-0.2, -0.15) is 0 Å². The summed E-state index contributed by atoms with van der Waals surface area (Å²) in [5.74, 6) is -1.00. The number of nitrogens with zero attached hydrogens (tertiary/aromatic N) is 1. The number of quaternary nitrogens is 1. The minimum atomic E-state index is -4.25. The third kappa shape index (κ3) is 21.8. The van der Waals surface area contributed by atoms with E-state index in [9.17, 15) is 14.6 Å². The minimum Gasteiger partial charge on any atom is -0.777 e. The van der Waals surface area contributed by atoms with Crippen LogP contribution in [-0.2, 0) is 18.6 Å².